The van der Waals surface area contributed by atoms with Gasteiger partial charge in [-0.2, -0.15) is 0 Å². The molecule has 1 aliphatic heterocycles. The van der Waals surface area contributed by atoms with Gasteiger partial charge in [0.15, 0.2) is 0 Å². The van der Waals surface area contributed by atoms with E-state index in [4.69, 9.17) is 0 Å². The predicted molar refractivity (Wildman–Crippen MR) is 116 cm³/mol. The molecule has 1 heterocycles. The molecule has 7 nitrogen and oxygen atoms in total. The first-order valence-electron chi connectivity index (χ1n) is 9.65. The van der Waals surface area contributed by atoms with E-state index in [0.29, 0.717) is 16.9 Å². The van der Waals surface area contributed by atoms with Gasteiger partial charge in [-0.15, -0.1) is 0 Å². The largest absolute Gasteiger partial charge is 0.395 e. The molecule has 0 bridgehead atoms. The molecule has 2 N–H and O–H groups in total. The van der Waals surface area contributed by atoms with Crippen LogP contribution in [0.25, 0.3) is 5.57 Å². The van der Waals surface area contributed by atoms with Crippen molar-refractivity contribution in [3.63, 3.8) is 0 Å². The van der Waals surface area contributed by atoms with Crippen LogP contribution in [-0.2, 0) is 14.4 Å². The van der Waals surface area contributed by atoms with Crippen molar-refractivity contribution in [2.24, 2.45) is 0 Å². The molecule has 2 aromatic rings. The van der Waals surface area contributed by atoms with E-state index in [0.717, 1.165) is 11.1 Å². The number of amides is 3. The van der Waals surface area contributed by atoms with Gasteiger partial charge in [0.05, 0.1) is 17.9 Å². The number of anilines is 2. The van der Waals surface area contributed by atoms with Crippen molar-refractivity contribution in [2.75, 3.05) is 30.4 Å². The lowest BCUT2D eigenvalue weighted by atomic mass is 10.0. The maximum absolute atomic E-state index is 13.4. The van der Waals surface area contributed by atoms with Gasteiger partial charge in [0.2, 0.25) is 5.91 Å². The van der Waals surface area contributed by atoms with Gasteiger partial charge in [0.25, 0.3) is 11.8 Å². The van der Waals surface area contributed by atoms with Crippen LogP contribution in [0.5, 0.6) is 0 Å². The molecule has 3 amide bonds. The fourth-order valence-electron chi connectivity index (χ4n) is 3.42. The molecule has 0 spiro atoms. The normalized spacial score (nSPS) is 13.8. The summed E-state index contributed by atoms with van der Waals surface area (Å²) in [4.78, 5) is 40.7. The second kappa shape index (κ2) is 8.51. The number of nitrogens with zero attached hydrogens (tertiary/aromatic N) is 2. The first kappa shape index (κ1) is 21.3. The summed E-state index contributed by atoms with van der Waals surface area (Å²) in [6.45, 7) is 5.37. The molecule has 156 valence electrons. The van der Waals surface area contributed by atoms with Crippen molar-refractivity contribution in [2.45, 2.75) is 20.8 Å². The number of hydrogen-bond acceptors (Lipinski definition) is 5. The lowest BCUT2D eigenvalue weighted by Gasteiger charge is -2.20. The Morgan fingerprint density at radius 2 is 1.70 bits per heavy atom. The second-order valence-corrected chi connectivity index (χ2v) is 7.34. The van der Waals surface area contributed by atoms with Crippen LogP contribution in [0.15, 0.2) is 48.2 Å². The van der Waals surface area contributed by atoms with Crippen molar-refractivity contribution in [1.82, 2.24) is 4.90 Å². The van der Waals surface area contributed by atoms with Gasteiger partial charge in [-0.25, -0.2) is 4.90 Å². The highest BCUT2D eigenvalue weighted by atomic mass is 16.3. The van der Waals surface area contributed by atoms with E-state index in [9.17, 15) is 19.5 Å². The van der Waals surface area contributed by atoms with Crippen LogP contribution in [-0.4, -0.2) is 47.9 Å². The van der Waals surface area contributed by atoms with E-state index in [2.05, 4.69) is 5.32 Å². The molecule has 0 fully saturated rings. The molecule has 0 aliphatic carbocycles. The Labute approximate surface area is 175 Å². The molecule has 0 unspecified atom stereocenters. The zero-order valence-corrected chi connectivity index (χ0v) is 17.5. The lowest BCUT2D eigenvalue weighted by Crippen LogP contribution is -2.35. The zero-order valence-electron chi connectivity index (χ0n) is 17.5. The summed E-state index contributed by atoms with van der Waals surface area (Å²) in [7, 11) is 1.67. The molecule has 3 rings (SSSR count). The molecule has 0 aromatic heterocycles. The number of carbonyl (C=O) groups is 3. The molecule has 0 saturated carbocycles. The van der Waals surface area contributed by atoms with Gasteiger partial charge in [-0.3, -0.25) is 14.4 Å². The fraction of sp³-hybridized carbons (Fsp3) is 0.261. The topological polar surface area (TPSA) is 90.0 Å². The number of aliphatic hydroxyl groups excluding tert-OH is 1. The Morgan fingerprint density at radius 1 is 1.03 bits per heavy atom. The van der Waals surface area contributed by atoms with Crippen LogP contribution >= 0.6 is 0 Å². The van der Waals surface area contributed by atoms with Gasteiger partial charge < -0.3 is 15.3 Å². The van der Waals surface area contributed by atoms with Gasteiger partial charge in [0, 0.05) is 26.2 Å². The highest BCUT2D eigenvalue weighted by molar-refractivity contribution is 6.45. The predicted octanol–water partition coefficient (Wildman–Crippen LogP) is 2.47. The van der Waals surface area contributed by atoms with Crippen LogP contribution in [0.1, 0.15) is 23.6 Å². The van der Waals surface area contributed by atoms with Crippen LogP contribution < -0.4 is 10.2 Å². The fourth-order valence-corrected chi connectivity index (χ4v) is 3.42. The minimum absolute atomic E-state index is 0.153. The average molecular weight is 407 g/mol. The Morgan fingerprint density at radius 3 is 2.27 bits per heavy atom. The summed E-state index contributed by atoms with van der Waals surface area (Å²) >= 11 is 0. The smallest absolute Gasteiger partial charge is 0.282 e. The number of imide groups is 1. The molecule has 0 radical (unpaired) electrons. The third-order valence-electron chi connectivity index (χ3n) is 5.12. The first-order chi connectivity index (χ1) is 14.2. The quantitative estimate of drug-likeness (QED) is 0.718. The maximum Gasteiger partial charge on any atom is 0.282 e. The third-order valence-corrected chi connectivity index (χ3v) is 5.12. The summed E-state index contributed by atoms with van der Waals surface area (Å²) in [5.41, 5.74) is 4.22. The number of hydrogen-bond donors (Lipinski definition) is 2. The van der Waals surface area contributed by atoms with Gasteiger partial charge in [-0.1, -0.05) is 18.2 Å². The number of carbonyl (C=O) groups excluding carboxylic acids is 3. The summed E-state index contributed by atoms with van der Waals surface area (Å²) in [6.07, 6.45) is 0. The Bertz CT molecular complexity index is 1040. The van der Waals surface area contributed by atoms with Crippen molar-refractivity contribution in [1.29, 1.82) is 0 Å². The second-order valence-electron chi connectivity index (χ2n) is 7.34. The number of aryl methyl sites for hydroxylation is 2. The number of nitrogens with one attached hydrogen (secondary N) is 1. The number of rotatable bonds is 6. The minimum atomic E-state index is -0.430. The van der Waals surface area contributed by atoms with Gasteiger partial charge in [-0.05, 0) is 54.8 Å². The standard InChI is InChI=1S/C23H25N3O4/c1-14-5-10-19(13-15(14)2)26-22(29)20(21(23(26)30)25(4)11-12-27)17-6-8-18(9-7-17)24-16(3)28/h5-10,13,27H,11-12H2,1-4H3,(H,24,28). The molecule has 7 heteroatoms. The Balaban J connectivity index is 2.08. The van der Waals surface area contributed by atoms with Crippen LogP contribution in [0, 0.1) is 13.8 Å². The highest BCUT2D eigenvalue weighted by Gasteiger charge is 2.41. The summed E-state index contributed by atoms with van der Waals surface area (Å²) in [6, 6.07) is 12.2. The average Bonchev–Trinajstić information content (AvgIpc) is 2.95. The van der Waals surface area contributed by atoms with E-state index in [1.807, 2.05) is 26.0 Å². The molecular formula is C23H25N3O4. The molecule has 0 atom stereocenters. The van der Waals surface area contributed by atoms with E-state index in [1.165, 1.54) is 11.8 Å². The highest BCUT2D eigenvalue weighted by Crippen LogP contribution is 2.35. The van der Waals surface area contributed by atoms with Crippen LogP contribution in [0.4, 0.5) is 11.4 Å². The molecule has 2 aromatic carbocycles. The van der Waals surface area contributed by atoms with Crippen molar-refractivity contribution >= 4 is 34.7 Å². The van der Waals surface area contributed by atoms with Crippen LogP contribution in [0.2, 0.25) is 0 Å². The summed E-state index contributed by atoms with van der Waals surface area (Å²) in [5, 5.41) is 12.0. The van der Waals surface area contributed by atoms with E-state index >= 15 is 0 Å². The maximum atomic E-state index is 13.4. The Hall–Kier alpha value is -3.45. The zero-order chi connectivity index (χ0) is 22.0. The molecule has 1 aliphatic rings. The third kappa shape index (κ3) is 3.97. The SMILES string of the molecule is CC(=O)Nc1ccc(C2=C(N(C)CCO)C(=O)N(c3ccc(C)c(C)c3)C2=O)cc1. The molecule has 0 saturated heterocycles. The van der Waals surface area contributed by atoms with E-state index < -0.39 is 11.8 Å². The summed E-state index contributed by atoms with van der Waals surface area (Å²) < 4.78 is 0. The Kier molecular flexibility index (Phi) is 6.03. The number of benzene rings is 2. The number of likely N-dealkylation sites (N-methyl/N-ethyl adjacent to an activating group) is 1. The van der Waals surface area contributed by atoms with Gasteiger partial charge >= 0.3 is 0 Å². The molecular weight excluding hydrogens is 382 g/mol. The van der Waals surface area contributed by atoms with Gasteiger partial charge in [0.1, 0.15) is 5.70 Å². The lowest BCUT2D eigenvalue weighted by molar-refractivity contribution is -0.120. The van der Waals surface area contributed by atoms with Crippen LogP contribution in [0.3, 0.4) is 0 Å². The van der Waals surface area contributed by atoms with Crippen molar-refractivity contribution < 1.29 is 19.5 Å². The minimum Gasteiger partial charge on any atom is -0.395 e. The van der Waals surface area contributed by atoms with E-state index in [1.54, 1.807) is 42.3 Å². The first-order valence-corrected chi connectivity index (χ1v) is 9.65. The number of aliphatic hydroxyl groups is 1. The monoisotopic (exact) mass is 407 g/mol. The van der Waals surface area contributed by atoms with Crippen molar-refractivity contribution in [3.05, 3.63) is 64.9 Å². The van der Waals surface area contributed by atoms with Crippen molar-refractivity contribution in [3.8, 4) is 0 Å². The van der Waals surface area contributed by atoms with E-state index in [-0.39, 0.29) is 30.3 Å². The molecule has 30 heavy (non-hydrogen) atoms. The summed E-state index contributed by atoms with van der Waals surface area (Å²) in [5.74, 6) is -1.05.